The van der Waals surface area contributed by atoms with Crippen LogP contribution in [0.2, 0.25) is 0 Å². The summed E-state index contributed by atoms with van der Waals surface area (Å²) in [6.07, 6.45) is 2.75. The zero-order valence-electron chi connectivity index (χ0n) is 7.62. The zero-order chi connectivity index (χ0) is 9.26. The van der Waals surface area contributed by atoms with Gasteiger partial charge in [0.25, 0.3) is 0 Å². The second kappa shape index (κ2) is 3.18. The molecule has 0 aliphatic rings. The van der Waals surface area contributed by atoms with Gasteiger partial charge in [0, 0.05) is 11.4 Å². The van der Waals surface area contributed by atoms with Crippen molar-refractivity contribution in [3.8, 4) is 0 Å². The molecule has 68 valence electrons. The Bertz CT molecular complexity index is 403. The second-order valence-electron chi connectivity index (χ2n) is 3.43. The summed E-state index contributed by atoms with van der Waals surface area (Å²) in [5.74, 6) is 0. The number of hydrogen-bond donors (Lipinski definition) is 2. The fraction of sp³-hybridized carbons (Fsp3) is 0.300. The Balaban J connectivity index is 2.48. The maximum atomic E-state index is 5.75. The van der Waals surface area contributed by atoms with Gasteiger partial charge in [0.15, 0.2) is 0 Å². The van der Waals surface area contributed by atoms with Gasteiger partial charge in [0.1, 0.15) is 0 Å². The lowest BCUT2D eigenvalue weighted by atomic mass is 10.0. The summed E-state index contributed by atoms with van der Waals surface area (Å²) in [6.45, 7) is 2.01. The molecule has 0 unspecified atom stereocenters. The summed E-state index contributed by atoms with van der Waals surface area (Å²) in [5, 5.41) is 8.13. The fourth-order valence-electron chi connectivity index (χ4n) is 1.55. The molecule has 0 aliphatic heterocycles. The van der Waals surface area contributed by atoms with E-state index in [-0.39, 0.29) is 6.04 Å². The summed E-state index contributed by atoms with van der Waals surface area (Å²) in [4.78, 5) is 0. The van der Waals surface area contributed by atoms with Gasteiger partial charge in [-0.25, -0.2) is 0 Å². The number of hydrogen-bond acceptors (Lipinski definition) is 2. The third kappa shape index (κ3) is 1.55. The van der Waals surface area contributed by atoms with E-state index in [2.05, 4.69) is 16.3 Å². The van der Waals surface area contributed by atoms with Crippen LogP contribution in [0.5, 0.6) is 0 Å². The van der Waals surface area contributed by atoms with Crippen LogP contribution in [0.1, 0.15) is 12.5 Å². The first-order valence-corrected chi connectivity index (χ1v) is 4.44. The van der Waals surface area contributed by atoms with Crippen LogP contribution in [-0.2, 0) is 6.42 Å². The molecule has 1 aromatic heterocycles. The van der Waals surface area contributed by atoms with E-state index in [1.165, 1.54) is 10.9 Å². The molecule has 0 aliphatic carbocycles. The summed E-state index contributed by atoms with van der Waals surface area (Å²) in [7, 11) is 0. The van der Waals surface area contributed by atoms with Crippen LogP contribution >= 0.6 is 0 Å². The Morgan fingerprint density at radius 1 is 1.54 bits per heavy atom. The first-order valence-electron chi connectivity index (χ1n) is 4.44. The Labute approximate surface area is 76.9 Å². The summed E-state index contributed by atoms with van der Waals surface area (Å²) in [5.41, 5.74) is 8.10. The lowest BCUT2D eigenvalue weighted by molar-refractivity contribution is 0.742. The van der Waals surface area contributed by atoms with Crippen molar-refractivity contribution in [2.45, 2.75) is 19.4 Å². The van der Waals surface area contributed by atoms with E-state index in [0.717, 1.165) is 11.9 Å². The van der Waals surface area contributed by atoms with Crippen LogP contribution in [0.4, 0.5) is 0 Å². The van der Waals surface area contributed by atoms with Crippen molar-refractivity contribution >= 4 is 10.9 Å². The Hall–Kier alpha value is -1.35. The van der Waals surface area contributed by atoms with Gasteiger partial charge in [-0.1, -0.05) is 12.1 Å². The molecule has 1 atom stereocenters. The van der Waals surface area contributed by atoms with Gasteiger partial charge in [-0.3, -0.25) is 5.10 Å². The van der Waals surface area contributed by atoms with E-state index in [9.17, 15) is 0 Å². The molecule has 0 bridgehead atoms. The van der Waals surface area contributed by atoms with Crippen molar-refractivity contribution in [2.24, 2.45) is 5.73 Å². The van der Waals surface area contributed by atoms with Gasteiger partial charge < -0.3 is 5.73 Å². The smallest absolute Gasteiger partial charge is 0.0653 e. The van der Waals surface area contributed by atoms with E-state index in [1.54, 1.807) is 0 Å². The molecule has 3 N–H and O–H groups in total. The first kappa shape index (κ1) is 8.26. The standard InChI is InChI=1S/C10H13N3/c1-7(11)5-8-3-2-4-10-9(8)6-12-13-10/h2-4,6-7H,5,11H2,1H3,(H,12,13)/t7-/m0/s1. The molecule has 0 spiro atoms. The average Bonchev–Trinajstić information content (AvgIpc) is 2.51. The Morgan fingerprint density at radius 2 is 2.38 bits per heavy atom. The van der Waals surface area contributed by atoms with Crippen molar-refractivity contribution in [1.29, 1.82) is 0 Å². The molecule has 2 rings (SSSR count). The molecule has 13 heavy (non-hydrogen) atoms. The predicted octanol–water partition coefficient (Wildman–Crippen LogP) is 1.45. The van der Waals surface area contributed by atoms with E-state index in [4.69, 9.17) is 5.73 Å². The number of aromatic amines is 1. The molecule has 0 saturated carbocycles. The first-order chi connectivity index (χ1) is 6.27. The van der Waals surface area contributed by atoms with Crippen molar-refractivity contribution in [1.82, 2.24) is 10.2 Å². The largest absolute Gasteiger partial charge is 0.328 e. The molecule has 3 nitrogen and oxygen atoms in total. The predicted molar refractivity (Wildman–Crippen MR) is 53.4 cm³/mol. The molecule has 0 amide bonds. The Kier molecular flexibility index (Phi) is 2.02. The van der Waals surface area contributed by atoms with E-state index in [1.807, 2.05) is 25.3 Å². The number of H-pyrrole nitrogens is 1. The maximum absolute atomic E-state index is 5.75. The highest BCUT2D eigenvalue weighted by Gasteiger charge is 2.03. The molecular weight excluding hydrogens is 162 g/mol. The third-order valence-corrected chi connectivity index (χ3v) is 2.12. The van der Waals surface area contributed by atoms with Crippen LogP contribution < -0.4 is 5.73 Å². The number of rotatable bonds is 2. The minimum Gasteiger partial charge on any atom is -0.328 e. The van der Waals surface area contributed by atoms with E-state index >= 15 is 0 Å². The number of fused-ring (bicyclic) bond motifs is 1. The number of aromatic nitrogens is 2. The number of benzene rings is 1. The summed E-state index contributed by atoms with van der Waals surface area (Å²) in [6, 6.07) is 6.34. The van der Waals surface area contributed by atoms with Crippen molar-refractivity contribution in [2.75, 3.05) is 0 Å². The molecule has 0 fully saturated rings. The van der Waals surface area contributed by atoms with Crippen molar-refractivity contribution in [3.63, 3.8) is 0 Å². The summed E-state index contributed by atoms with van der Waals surface area (Å²) < 4.78 is 0. The number of nitrogens with zero attached hydrogens (tertiary/aromatic N) is 1. The fourth-order valence-corrected chi connectivity index (χ4v) is 1.55. The highest BCUT2D eigenvalue weighted by atomic mass is 15.1. The normalized spacial score (nSPS) is 13.4. The van der Waals surface area contributed by atoms with Crippen LogP contribution in [0.25, 0.3) is 10.9 Å². The van der Waals surface area contributed by atoms with Crippen LogP contribution in [0.3, 0.4) is 0 Å². The maximum Gasteiger partial charge on any atom is 0.0653 e. The molecule has 1 aromatic carbocycles. The molecule has 2 aromatic rings. The van der Waals surface area contributed by atoms with Gasteiger partial charge in [0.05, 0.1) is 11.7 Å². The molecule has 1 heterocycles. The minimum atomic E-state index is 0.195. The van der Waals surface area contributed by atoms with E-state index < -0.39 is 0 Å². The van der Waals surface area contributed by atoms with Crippen LogP contribution in [0.15, 0.2) is 24.4 Å². The van der Waals surface area contributed by atoms with E-state index in [0.29, 0.717) is 0 Å². The quantitative estimate of drug-likeness (QED) is 0.725. The summed E-state index contributed by atoms with van der Waals surface area (Å²) >= 11 is 0. The highest BCUT2D eigenvalue weighted by Crippen LogP contribution is 2.16. The van der Waals surface area contributed by atoms with Crippen LogP contribution in [-0.4, -0.2) is 16.2 Å². The topological polar surface area (TPSA) is 54.7 Å². The zero-order valence-corrected chi connectivity index (χ0v) is 7.62. The minimum absolute atomic E-state index is 0.195. The van der Waals surface area contributed by atoms with Gasteiger partial charge in [0.2, 0.25) is 0 Å². The third-order valence-electron chi connectivity index (χ3n) is 2.12. The van der Waals surface area contributed by atoms with Gasteiger partial charge >= 0.3 is 0 Å². The Morgan fingerprint density at radius 3 is 3.15 bits per heavy atom. The molecule has 3 heteroatoms. The molecule has 0 radical (unpaired) electrons. The van der Waals surface area contributed by atoms with Gasteiger partial charge in [-0.2, -0.15) is 5.10 Å². The van der Waals surface area contributed by atoms with Crippen molar-refractivity contribution in [3.05, 3.63) is 30.0 Å². The lowest BCUT2D eigenvalue weighted by Crippen LogP contribution is -2.17. The average molecular weight is 175 g/mol. The monoisotopic (exact) mass is 175 g/mol. The molecule has 0 saturated heterocycles. The van der Waals surface area contributed by atoms with Crippen LogP contribution in [0, 0.1) is 0 Å². The van der Waals surface area contributed by atoms with Gasteiger partial charge in [-0.05, 0) is 25.0 Å². The number of nitrogens with two attached hydrogens (primary N) is 1. The lowest BCUT2D eigenvalue weighted by Gasteiger charge is -2.05. The molecular formula is C10H13N3. The second-order valence-corrected chi connectivity index (χ2v) is 3.43. The number of nitrogens with one attached hydrogen (secondary N) is 1. The van der Waals surface area contributed by atoms with Crippen molar-refractivity contribution < 1.29 is 0 Å². The highest BCUT2D eigenvalue weighted by molar-refractivity contribution is 5.81. The van der Waals surface area contributed by atoms with Gasteiger partial charge in [-0.15, -0.1) is 0 Å². The SMILES string of the molecule is C[C@H](N)Cc1cccc2[nH]ncc12.